The number of carbonyl (C=O) groups excluding carboxylic acids is 9. The molecule has 684 valence electrons. The predicted octanol–water partition coefficient (Wildman–Crippen LogP) is 5.75. The number of alkyl carbamates (subject to hydrolysis) is 1. The molecule has 3 saturated heterocycles. The van der Waals surface area contributed by atoms with Gasteiger partial charge < -0.3 is 138 Å². The number of primary amides is 1. The Labute approximate surface area is 736 Å². The van der Waals surface area contributed by atoms with Crippen LogP contribution in [0.25, 0.3) is 11.1 Å². The molecule has 0 aliphatic carbocycles. The van der Waals surface area contributed by atoms with Gasteiger partial charge in [0, 0.05) is 36.3 Å². The molecule has 18 atom stereocenters. The Bertz CT molecular complexity index is 5080. The lowest BCUT2D eigenvalue weighted by Gasteiger charge is -2.46. The van der Waals surface area contributed by atoms with E-state index in [9.17, 15) is 64.8 Å². The quantitative estimate of drug-likeness (QED) is 0.0260. The standard InChI is InChI=1S/C89H111ClN12O25/c1-9-10-11-14-17-45-18-23-50(24-19-45)95-87(119)94-29-16-13-12-15-28-93-39-53-43(5)66-51-32-46(20-25-57(51)104)67-81(113)101-71(84(116)99-69(85(117)118)52(66)36-58(53)105)73(108)48-22-27-60(54(90)33-48)123-62-35-49-34-61(76(62)126-86-77(75(110)74(109)63(40-103)124-86)125-65-38-89(7)78(44(6)121-65)127-88(120)102-89)122-59-26-21-47(31-42(59)4)72(107)70(100-79(111)55(92-8)30-41(2)3)83(115)96-56(37-64(91)106)80(112)97-68(49)82(114)98-67/h18-27,31-36,41,44,55-56,63,65,67-75,77-78,86,92-93,103-105,107-110H,9-17,28-30,37-40H2,1-8H3,(H2,91,106)(H,96,115)(H,97,112)(H,98,114)(H,99,116)(H,100,111)(H,101,113)(H,102,120)(H,117,118)(H2,94,95,119)/t44-,55+,56-,63+,65-,67+,68+,69-,70+,71-,72+,73+,74+,75-,77+,78+,86-,89-/m0/s1. The number of nitrogens with one attached hydrogen (secondary N) is 11. The van der Waals surface area contributed by atoms with Crippen LogP contribution in [0, 0.1) is 19.8 Å². The Balaban J connectivity index is 0.960. The number of urea groups is 1. The van der Waals surface area contributed by atoms with Gasteiger partial charge in [-0.1, -0.05) is 94.8 Å². The number of carbonyl (C=O) groups is 10. The van der Waals surface area contributed by atoms with E-state index >= 15 is 24.0 Å². The van der Waals surface area contributed by atoms with Crippen LogP contribution in [-0.4, -0.2) is 206 Å². The third-order valence-corrected chi connectivity index (χ3v) is 23.8. The fourth-order valence-corrected chi connectivity index (χ4v) is 16.9. The number of phenols is 2. The van der Waals surface area contributed by atoms with E-state index in [4.69, 9.17) is 50.5 Å². The zero-order chi connectivity index (χ0) is 91.6. The molecule has 8 aliphatic rings. The molecule has 38 heteroatoms. The van der Waals surface area contributed by atoms with Gasteiger partial charge in [0.05, 0.1) is 35.7 Å². The second kappa shape index (κ2) is 41.5. The van der Waals surface area contributed by atoms with E-state index in [1.807, 2.05) is 38.1 Å². The van der Waals surface area contributed by atoms with Crippen LogP contribution >= 0.6 is 11.6 Å². The Hall–Kier alpha value is -11.5. The number of carboxylic acid groups (broad SMARTS) is 1. The zero-order valence-electron chi connectivity index (χ0n) is 71.4. The number of aliphatic hydroxyl groups excluding tert-OH is 5. The highest BCUT2D eigenvalue weighted by molar-refractivity contribution is 6.32. The second-order valence-corrected chi connectivity index (χ2v) is 33.9. The normalized spacial score (nSPS) is 26.1. The van der Waals surface area contributed by atoms with E-state index in [1.165, 1.54) is 75.3 Å². The molecule has 8 aliphatic heterocycles. The summed E-state index contributed by atoms with van der Waals surface area (Å²) in [5, 5.41) is 125. The molecule has 8 heterocycles. The number of anilines is 1. The number of ether oxygens (including phenoxy) is 7. The van der Waals surface area contributed by atoms with Crippen molar-refractivity contribution < 1.29 is 122 Å². The van der Waals surface area contributed by atoms with E-state index < -0.39 is 215 Å². The largest absolute Gasteiger partial charge is 0.508 e. The maximum atomic E-state index is 16.5. The molecule has 0 unspecified atom stereocenters. The average molecular weight is 1780 g/mol. The van der Waals surface area contributed by atoms with E-state index in [1.54, 1.807) is 13.8 Å². The number of phenolic OH excluding ortho intramolecular Hbond substituents is 2. The monoisotopic (exact) mass is 1780 g/mol. The maximum Gasteiger partial charge on any atom is 0.408 e. The van der Waals surface area contributed by atoms with Crippen molar-refractivity contribution in [3.63, 3.8) is 0 Å². The fraction of sp³-hybridized carbons (Fsp3) is 0.483. The van der Waals surface area contributed by atoms with Crippen molar-refractivity contribution in [3.05, 3.63) is 152 Å². The van der Waals surface area contributed by atoms with Crippen LogP contribution in [0.3, 0.4) is 0 Å². The molecule has 127 heavy (non-hydrogen) atoms. The topological polar surface area (TPSA) is 556 Å². The van der Waals surface area contributed by atoms with Gasteiger partial charge in [-0.15, -0.1) is 0 Å². The number of aryl methyl sites for hydroxylation is 2. The summed E-state index contributed by atoms with van der Waals surface area (Å²) in [5.41, 5.74) is 5.51. The van der Waals surface area contributed by atoms with Gasteiger partial charge in [0.25, 0.3) is 0 Å². The fourth-order valence-electron chi connectivity index (χ4n) is 16.7. The first-order valence-electron chi connectivity index (χ1n) is 42.5. The molecular weight excluding hydrogens is 1670 g/mol. The predicted molar refractivity (Wildman–Crippen MR) is 457 cm³/mol. The summed E-state index contributed by atoms with van der Waals surface area (Å²) in [6.45, 7) is 11.9. The molecule has 0 aromatic heterocycles. The summed E-state index contributed by atoms with van der Waals surface area (Å²) < 4.78 is 45.0. The van der Waals surface area contributed by atoms with Crippen molar-refractivity contribution in [2.75, 3.05) is 32.1 Å². The number of amides is 10. The van der Waals surface area contributed by atoms with Gasteiger partial charge in [-0.3, -0.25) is 33.6 Å². The Kier molecular flexibility index (Phi) is 30.9. The summed E-state index contributed by atoms with van der Waals surface area (Å²) in [6, 6.07) is 7.81. The number of likely N-dealkylation sites (N-methyl/N-ethyl adjacent to an activating group) is 1. The number of unbranched alkanes of at least 4 members (excludes halogenated alkanes) is 6. The minimum atomic E-state index is -2.32. The highest BCUT2D eigenvalue weighted by Crippen LogP contribution is 2.50. The molecule has 6 aromatic carbocycles. The number of carboxylic acids is 1. The molecule has 21 N–H and O–H groups in total. The van der Waals surface area contributed by atoms with E-state index in [2.05, 4.69) is 65.4 Å². The summed E-state index contributed by atoms with van der Waals surface area (Å²) in [6.07, 6.45) is -10.1. The van der Waals surface area contributed by atoms with Crippen molar-refractivity contribution in [3.8, 4) is 51.4 Å². The minimum Gasteiger partial charge on any atom is -0.508 e. The van der Waals surface area contributed by atoms with Gasteiger partial charge >= 0.3 is 18.1 Å². The first-order chi connectivity index (χ1) is 60.5. The molecule has 6 aromatic rings. The Morgan fingerprint density at radius 3 is 2.03 bits per heavy atom. The Morgan fingerprint density at radius 2 is 1.36 bits per heavy atom. The molecular formula is C89H111ClN12O25. The summed E-state index contributed by atoms with van der Waals surface area (Å²) in [4.78, 5) is 146. The number of nitrogens with two attached hydrogens (primary N) is 1. The number of hydrogen-bond acceptors (Lipinski definition) is 26. The van der Waals surface area contributed by atoms with E-state index in [0.717, 1.165) is 68.9 Å². The van der Waals surface area contributed by atoms with Gasteiger partial charge in [0.2, 0.25) is 53.4 Å². The van der Waals surface area contributed by atoms with Crippen LogP contribution < -0.4 is 78.4 Å². The molecule has 3 fully saturated rings. The lowest BCUT2D eigenvalue weighted by atomic mass is 9.85. The highest BCUT2D eigenvalue weighted by atomic mass is 35.5. The number of hydrogen-bond donors (Lipinski definition) is 20. The van der Waals surface area contributed by atoms with Gasteiger partial charge in [-0.05, 0) is 196 Å². The second-order valence-electron chi connectivity index (χ2n) is 33.5. The summed E-state index contributed by atoms with van der Waals surface area (Å²) in [7, 11) is 1.50. The number of aromatic hydroxyl groups is 2. The maximum absolute atomic E-state index is 16.5. The SMILES string of the molecule is CCCCCCc1ccc(NC(=O)NCCCCCCNCc2c(O)cc3c(c2C)-c2cc(ccc2O)[C@H]2NC(=O)[C@@H]4NC(=O)[C@H](CC(N)=O)NC(=O)[C@H](NC(=O)[C@@H](CC(C)C)NC)[C@H](O)c5ccc(c(C)c5)Oc5cc4cc(c5O[C@@H]4O[C@H](CO)[C@@H](O)[C@H](O)[C@H]4O[C@H]4C[C@]5(C)NC(=O)O[C@@H]5[C@H](C)O4)Oc4ccc(cc4Cl)[C@@H](O)[C@H](NC2=O)C(=O)N[C@@H]3C(=O)O)cc1. The number of halogens is 1. The highest BCUT2D eigenvalue weighted by Gasteiger charge is 2.56. The van der Waals surface area contributed by atoms with Crippen LogP contribution in [0.15, 0.2) is 97.1 Å². The van der Waals surface area contributed by atoms with Crippen LogP contribution in [-0.2, 0) is 70.3 Å². The molecule has 0 radical (unpaired) electrons. The lowest BCUT2D eigenvalue weighted by Crippen LogP contribution is -2.63. The molecule has 14 rings (SSSR count). The molecule has 10 amide bonds. The Morgan fingerprint density at radius 1 is 0.701 bits per heavy atom. The molecule has 37 nitrogen and oxygen atoms in total. The minimum absolute atomic E-state index is 0.0281. The molecule has 0 saturated carbocycles. The van der Waals surface area contributed by atoms with Crippen molar-refractivity contribution in [2.45, 2.75) is 241 Å². The summed E-state index contributed by atoms with van der Waals surface area (Å²) >= 11 is 7.21. The average Bonchev–Trinajstić information content (AvgIpc) is 1.17. The van der Waals surface area contributed by atoms with E-state index in [-0.39, 0.29) is 92.9 Å². The number of rotatable bonds is 28. The van der Waals surface area contributed by atoms with Crippen LogP contribution in [0.4, 0.5) is 15.3 Å². The van der Waals surface area contributed by atoms with Crippen molar-refractivity contribution >= 4 is 76.7 Å². The number of aliphatic carboxylic acids is 1. The lowest BCUT2D eigenvalue weighted by molar-refractivity contribution is -0.332. The zero-order valence-corrected chi connectivity index (χ0v) is 72.2. The van der Waals surface area contributed by atoms with Crippen LogP contribution in [0.1, 0.15) is 186 Å². The number of benzene rings is 6. The van der Waals surface area contributed by atoms with Crippen LogP contribution in [0.2, 0.25) is 5.02 Å². The number of aliphatic hydroxyl groups is 5. The van der Waals surface area contributed by atoms with Gasteiger partial charge in [-0.2, -0.15) is 0 Å². The molecule has 11 bridgehead atoms. The third kappa shape index (κ3) is 22.2. The number of fused-ring (bicyclic) bond motifs is 16. The van der Waals surface area contributed by atoms with Crippen molar-refractivity contribution in [1.29, 1.82) is 0 Å². The van der Waals surface area contributed by atoms with Crippen molar-refractivity contribution in [2.24, 2.45) is 11.7 Å². The summed E-state index contributed by atoms with van der Waals surface area (Å²) in [5.74, 6) is -13.8. The van der Waals surface area contributed by atoms with E-state index in [0.29, 0.717) is 31.6 Å². The van der Waals surface area contributed by atoms with Gasteiger partial charge in [-0.25, -0.2) is 14.4 Å². The smallest absolute Gasteiger partial charge is 0.408 e. The first-order valence-corrected chi connectivity index (χ1v) is 42.9. The van der Waals surface area contributed by atoms with Crippen LogP contribution in [0.5, 0.6) is 40.2 Å². The first kappa shape index (κ1) is 94.6. The third-order valence-electron chi connectivity index (χ3n) is 23.5. The van der Waals surface area contributed by atoms with Gasteiger partial charge in [0.1, 0.15) is 83.7 Å². The van der Waals surface area contributed by atoms with Crippen molar-refractivity contribution in [1.82, 2.24) is 53.2 Å². The van der Waals surface area contributed by atoms with Gasteiger partial charge in [0.15, 0.2) is 36.0 Å². The molecule has 0 spiro atoms.